The quantitative estimate of drug-likeness (QED) is 0.579. The minimum Gasteiger partial charge on any atom is -0.443 e. The largest absolute Gasteiger partial charge is 0.443 e. The minimum atomic E-state index is 0.878. The topological polar surface area (TPSA) is 38.4 Å². The Hall–Kier alpha value is -1.58. The van der Waals surface area contributed by atoms with Gasteiger partial charge in [0.25, 0.3) is 0 Å². The number of benzene rings is 1. The first-order valence-electron chi connectivity index (χ1n) is 4.53. The van der Waals surface area contributed by atoms with E-state index in [4.69, 9.17) is 4.42 Å². The van der Waals surface area contributed by atoms with Gasteiger partial charge in [-0.25, -0.2) is 4.98 Å². The van der Waals surface area contributed by atoms with Crippen LogP contribution in [0.5, 0.6) is 0 Å². The molecule has 14 heavy (non-hydrogen) atoms. The number of hydrogen-bond acceptors (Lipinski definition) is 3. The highest BCUT2D eigenvalue weighted by molar-refractivity contribution is 6.83. The second-order valence-corrected chi connectivity index (χ2v) is 3.49. The van der Waals surface area contributed by atoms with Gasteiger partial charge in [0.05, 0.1) is 5.69 Å². The number of aryl methyl sites for hydroxylation is 2. The summed E-state index contributed by atoms with van der Waals surface area (Å²) in [6.07, 6.45) is 3.31. The molecule has 0 N–H and O–H groups in total. The number of nitrogens with zero attached hydrogens (tertiary/aromatic N) is 2. The number of rotatable bonds is 0. The lowest BCUT2D eigenvalue weighted by Crippen LogP contribution is -2.15. The van der Waals surface area contributed by atoms with Crippen LogP contribution in [-0.4, -0.2) is 18.4 Å². The van der Waals surface area contributed by atoms with E-state index >= 15 is 0 Å². The average molecular weight is 183 g/mol. The highest BCUT2D eigenvalue weighted by atomic mass is 16.3. The van der Waals surface area contributed by atoms with Crippen molar-refractivity contribution in [3.05, 3.63) is 17.5 Å². The van der Waals surface area contributed by atoms with Crippen molar-refractivity contribution < 1.29 is 4.42 Å². The molecule has 0 atom stereocenters. The van der Waals surface area contributed by atoms with Crippen molar-refractivity contribution in [1.29, 1.82) is 0 Å². The molecule has 0 saturated carbocycles. The van der Waals surface area contributed by atoms with Crippen LogP contribution in [0.25, 0.3) is 11.1 Å². The van der Waals surface area contributed by atoms with E-state index in [0.717, 1.165) is 33.4 Å². The van der Waals surface area contributed by atoms with Gasteiger partial charge >= 0.3 is 0 Å². The first-order valence-corrected chi connectivity index (χ1v) is 4.53. The van der Waals surface area contributed by atoms with Crippen LogP contribution >= 0.6 is 0 Å². The molecule has 1 aliphatic heterocycles. The molecule has 3 rings (SSSR count). The number of aliphatic imine (C=N–C) groups is 1. The molecule has 3 nitrogen and oxygen atoms in total. The monoisotopic (exact) mass is 183 g/mol. The predicted molar refractivity (Wildman–Crippen MR) is 57.0 cm³/mol. The van der Waals surface area contributed by atoms with Crippen LogP contribution < -0.4 is 5.46 Å². The summed E-state index contributed by atoms with van der Waals surface area (Å²) in [6, 6.07) is 0. The maximum absolute atomic E-state index is 5.37. The number of hydrogen-bond donors (Lipinski definition) is 0. The fraction of sp³-hybridized carbons (Fsp3) is 0.200. The Balaban J connectivity index is 2.55. The Morgan fingerprint density at radius 3 is 3.00 bits per heavy atom. The van der Waals surface area contributed by atoms with Crippen molar-refractivity contribution >= 4 is 35.6 Å². The molecule has 0 bridgehead atoms. The highest BCUT2D eigenvalue weighted by Crippen LogP contribution is 2.28. The second-order valence-electron chi connectivity index (χ2n) is 3.49. The third-order valence-electron chi connectivity index (χ3n) is 2.72. The molecule has 0 amide bonds. The van der Waals surface area contributed by atoms with Crippen molar-refractivity contribution in [2.75, 3.05) is 0 Å². The van der Waals surface area contributed by atoms with Crippen LogP contribution in [0.2, 0.25) is 0 Å². The van der Waals surface area contributed by atoms with Crippen LogP contribution in [0.3, 0.4) is 0 Å². The molecule has 0 unspecified atom stereocenters. The molecule has 1 aliphatic rings. The van der Waals surface area contributed by atoms with E-state index in [1.807, 2.05) is 27.2 Å². The van der Waals surface area contributed by atoms with Gasteiger partial charge in [-0.3, -0.25) is 4.99 Å². The fourth-order valence-corrected chi connectivity index (χ4v) is 1.95. The van der Waals surface area contributed by atoms with E-state index in [1.165, 1.54) is 6.39 Å². The van der Waals surface area contributed by atoms with Gasteiger partial charge in [-0.2, -0.15) is 0 Å². The van der Waals surface area contributed by atoms with Gasteiger partial charge in [0, 0.05) is 5.56 Å². The fourth-order valence-electron chi connectivity index (χ4n) is 1.95. The first-order chi connectivity index (χ1) is 6.79. The maximum Gasteiger partial charge on any atom is 0.210 e. The summed E-state index contributed by atoms with van der Waals surface area (Å²) >= 11 is 0. The Kier molecular flexibility index (Phi) is 1.37. The molecule has 1 aromatic heterocycles. The van der Waals surface area contributed by atoms with Crippen molar-refractivity contribution in [3.63, 3.8) is 0 Å². The summed E-state index contributed by atoms with van der Waals surface area (Å²) in [4.78, 5) is 8.53. The molecular formula is C10H8BN2O. The lowest BCUT2D eigenvalue weighted by atomic mass is 9.70. The molecule has 1 aromatic carbocycles. The molecule has 0 aliphatic carbocycles. The zero-order chi connectivity index (χ0) is 9.71. The Morgan fingerprint density at radius 1 is 1.29 bits per heavy atom. The van der Waals surface area contributed by atoms with E-state index in [-0.39, 0.29) is 0 Å². The van der Waals surface area contributed by atoms with Gasteiger partial charge < -0.3 is 4.42 Å². The van der Waals surface area contributed by atoms with E-state index in [0.29, 0.717) is 0 Å². The van der Waals surface area contributed by atoms with E-state index in [1.54, 1.807) is 0 Å². The predicted octanol–water partition coefficient (Wildman–Crippen LogP) is 1.45. The number of oxazole rings is 1. The van der Waals surface area contributed by atoms with E-state index in [9.17, 15) is 0 Å². The summed E-state index contributed by atoms with van der Waals surface area (Å²) in [6.45, 7) is 4.07. The Labute approximate surface area is 82.1 Å². The van der Waals surface area contributed by atoms with Crippen LogP contribution in [0.4, 0.5) is 5.69 Å². The molecule has 0 saturated heterocycles. The Bertz CT molecular complexity index is 557. The van der Waals surface area contributed by atoms with Crippen molar-refractivity contribution in [2.45, 2.75) is 13.8 Å². The minimum absolute atomic E-state index is 0.878. The molecule has 1 radical (unpaired) electrons. The third-order valence-corrected chi connectivity index (χ3v) is 2.72. The summed E-state index contributed by atoms with van der Waals surface area (Å²) in [5, 5.41) is 0. The smallest absolute Gasteiger partial charge is 0.210 e. The summed E-state index contributed by atoms with van der Waals surface area (Å²) in [7, 11) is 2.01. The molecule has 2 aromatic rings. The lowest BCUT2D eigenvalue weighted by molar-refractivity contribution is 0.600. The SMILES string of the molecule is Cc1c2c(c(C)c3ocnc13)[B]C=N2. The molecule has 0 fully saturated rings. The van der Waals surface area contributed by atoms with Gasteiger partial charge in [0.2, 0.25) is 7.28 Å². The van der Waals surface area contributed by atoms with E-state index < -0.39 is 0 Å². The molecule has 2 heterocycles. The zero-order valence-electron chi connectivity index (χ0n) is 8.03. The summed E-state index contributed by atoms with van der Waals surface area (Å²) in [5.74, 6) is 0. The van der Waals surface area contributed by atoms with Crippen LogP contribution in [0.1, 0.15) is 11.1 Å². The molecular weight excluding hydrogens is 175 g/mol. The second kappa shape index (κ2) is 2.47. The Morgan fingerprint density at radius 2 is 2.14 bits per heavy atom. The number of aromatic nitrogens is 1. The van der Waals surface area contributed by atoms with Gasteiger partial charge in [0.1, 0.15) is 5.52 Å². The lowest BCUT2D eigenvalue weighted by Gasteiger charge is -2.06. The third kappa shape index (κ3) is 0.781. The van der Waals surface area contributed by atoms with Gasteiger partial charge in [-0.1, -0.05) is 0 Å². The van der Waals surface area contributed by atoms with E-state index in [2.05, 4.69) is 9.98 Å². The summed E-state index contributed by atoms with van der Waals surface area (Å²) < 4.78 is 5.37. The summed E-state index contributed by atoms with van der Waals surface area (Å²) in [5.41, 5.74) is 6.21. The van der Waals surface area contributed by atoms with Gasteiger partial charge in [0.15, 0.2) is 12.0 Å². The van der Waals surface area contributed by atoms with Crippen molar-refractivity contribution in [1.82, 2.24) is 4.98 Å². The normalized spacial score (nSPS) is 13.3. The zero-order valence-corrected chi connectivity index (χ0v) is 8.03. The van der Waals surface area contributed by atoms with Crippen molar-refractivity contribution in [2.24, 2.45) is 4.99 Å². The van der Waals surface area contributed by atoms with Gasteiger partial charge in [-0.15, -0.1) is 0 Å². The van der Waals surface area contributed by atoms with Crippen LogP contribution in [-0.2, 0) is 0 Å². The molecule has 4 heteroatoms. The number of fused-ring (bicyclic) bond motifs is 2. The molecule has 67 valence electrons. The average Bonchev–Trinajstić information content (AvgIpc) is 2.82. The first kappa shape index (κ1) is 7.79. The van der Waals surface area contributed by atoms with Gasteiger partial charge in [-0.05, 0) is 31.0 Å². The van der Waals surface area contributed by atoms with Crippen molar-refractivity contribution in [3.8, 4) is 0 Å². The van der Waals surface area contributed by atoms with Crippen LogP contribution in [0.15, 0.2) is 15.8 Å². The maximum atomic E-state index is 5.37. The highest BCUT2D eigenvalue weighted by Gasteiger charge is 2.19. The molecule has 0 spiro atoms. The standard InChI is InChI=1S/C10H8BN2O/c1-5-7-8(12-3-11-7)6(2)9-10(5)14-4-13-9/h3-4H,1-2H3. The van der Waals surface area contributed by atoms with Crippen LogP contribution in [0, 0.1) is 13.8 Å².